The standard InChI is InChI=1S/C28H30F6N2O3/c1-7-35-21(9-14(3)4)27(38)36-20(13-22(37)39-8-2)24-25(30)17(12-18(26(24)31)28(32,33)34)23-16(6)10-15(5)11-19(23)29/h7,10-12,14,21,35H,1,8-9,13H2,2-6H3. The van der Waals surface area contributed by atoms with E-state index in [-0.39, 0.29) is 30.6 Å². The summed E-state index contributed by atoms with van der Waals surface area (Å²) in [6.07, 6.45) is -4.97. The van der Waals surface area contributed by atoms with Gasteiger partial charge in [0.1, 0.15) is 23.5 Å². The summed E-state index contributed by atoms with van der Waals surface area (Å²) in [6.45, 7) is 11.2. The van der Waals surface area contributed by atoms with Crippen LogP contribution in [-0.4, -0.2) is 30.2 Å². The molecule has 0 heterocycles. The summed E-state index contributed by atoms with van der Waals surface area (Å²) in [5.74, 6) is -6.89. The van der Waals surface area contributed by atoms with Crippen molar-refractivity contribution in [2.75, 3.05) is 6.61 Å². The highest BCUT2D eigenvalue weighted by atomic mass is 19.4. The fourth-order valence-electron chi connectivity index (χ4n) is 4.13. The predicted octanol–water partition coefficient (Wildman–Crippen LogP) is 6.82. The minimum atomic E-state index is -5.33. The van der Waals surface area contributed by atoms with Crippen molar-refractivity contribution < 1.29 is 40.7 Å². The molecule has 0 fully saturated rings. The minimum absolute atomic E-state index is 0.0590. The summed E-state index contributed by atoms with van der Waals surface area (Å²) in [7, 11) is 0. The van der Waals surface area contributed by atoms with Crippen LogP contribution < -0.4 is 5.32 Å². The predicted molar refractivity (Wildman–Crippen MR) is 136 cm³/mol. The van der Waals surface area contributed by atoms with Crippen LogP contribution in [0.25, 0.3) is 11.1 Å². The third kappa shape index (κ3) is 7.70. The maximum Gasteiger partial charge on any atom is 0.419 e. The number of aryl methyl sites for hydroxylation is 2. The summed E-state index contributed by atoms with van der Waals surface area (Å²) in [6, 6.07) is 1.53. The van der Waals surface area contributed by atoms with Crippen LogP contribution in [0.4, 0.5) is 26.3 Å². The molecule has 5 nitrogen and oxygen atoms in total. The topological polar surface area (TPSA) is 67.8 Å². The first-order valence-electron chi connectivity index (χ1n) is 12.1. The Kier molecular flexibility index (Phi) is 10.5. The Morgan fingerprint density at radius 2 is 1.74 bits per heavy atom. The molecular formula is C28H30F6N2O3. The van der Waals surface area contributed by atoms with Crippen LogP contribution in [0.5, 0.6) is 0 Å². The fourth-order valence-corrected chi connectivity index (χ4v) is 4.13. The minimum Gasteiger partial charge on any atom is -0.466 e. The van der Waals surface area contributed by atoms with E-state index in [2.05, 4.69) is 16.9 Å². The molecule has 0 aliphatic rings. The first kappa shape index (κ1) is 31.6. The van der Waals surface area contributed by atoms with Gasteiger partial charge >= 0.3 is 12.1 Å². The van der Waals surface area contributed by atoms with E-state index in [0.29, 0.717) is 5.56 Å². The molecule has 0 aromatic heterocycles. The molecule has 1 atom stereocenters. The summed E-state index contributed by atoms with van der Waals surface area (Å²) in [4.78, 5) is 29.0. The molecule has 2 aromatic rings. The van der Waals surface area contributed by atoms with Crippen molar-refractivity contribution in [2.45, 2.75) is 59.7 Å². The maximum atomic E-state index is 16.0. The van der Waals surface area contributed by atoms with Crippen LogP contribution in [-0.2, 0) is 20.5 Å². The number of esters is 1. The molecule has 11 heteroatoms. The number of hydrogen-bond acceptors (Lipinski definition) is 4. The third-order valence-corrected chi connectivity index (χ3v) is 5.68. The molecule has 212 valence electrons. The van der Waals surface area contributed by atoms with E-state index < -0.39 is 75.9 Å². The molecule has 1 N–H and O–H groups in total. The zero-order chi connectivity index (χ0) is 29.7. The van der Waals surface area contributed by atoms with Crippen molar-refractivity contribution in [2.24, 2.45) is 10.9 Å². The van der Waals surface area contributed by atoms with Crippen molar-refractivity contribution in [3.8, 4) is 11.1 Å². The van der Waals surface area contributed by atoms with Gasteiger partial charge in [-0.25, -0.2) is 18.2 Å². The van der Waals surface area contributed by atoms with E-state index >= 15 is 8.78 Å². The second kappa shape index (κ2) is 12.9. The van der Waals surface area contributed by atoms with Gasteiger partial charge in [-0.05, 0) is 62.6 Å². The van der Waals surface area contributed by atoms with Gasteiger partial charge in [0.05, 0.1) is 29.9 Å². The number of carbonyl (C=O) groups is 2. The summed E-state index contributed by atoms with van der Waals surface area (Å²) in [5, 5.41) is 2.65. The molecule has 0 aliphatic heterocycles. The zero-order valence-corrected chi connectivity index (χ0v) is 22.2. The van der Waals surface area contributed by atoms with Gasteiger partial charge in [0.2, 0.25) is 0 Å². The first-order chi connectivity index (χ1) is 18.1. The van der Waals surface area contributed by atoms with Gasteiger partial charge in [0.15, 0.2) is 0 Å². The SMILES string of the molecule is C=CNC(CC(C)C)C(=O)N=C(CC(=O)OCC)c1c(F)c(-c2c(C)cc(C)cc2F)cc(C(F)(F)F)c1F. The normalized spacial score (nSPS) is 12.9. The Balaban J connectivity index is 2.96. The second-order valence-electron chi connectivity index (χ2n) is 9.34. The van der Waals surface area contributed by atoms with E-state index in [1.807, 2.05) is 0 Å². The van der Waals surface area contributed by atoms with E-state index in [1.165, 1.54) is 33.0 Å². The molecule has 2 aromatic carbocycles. The quantitative estimate of drug-likeness (QED) is 0.198. The first-order valence-corrected chi connectivity index (χ1v) is 12.1. The van der Waals surface area contributed by atoms with Gasteiger partial charge in [-0.15, -0.1) is 0 Å². The highest BCUT2D eigenvalue weighted by molar-refractivity contribution is 6.14. The molecule has 2 rings (SSSR count). The lowest BCUT2D eigenvalue weighted by atomic mass is 9.91. The van der Waals surface area contributed by atoms with E-state index in [1.54, 1.807) is 13.8 Å². The van der Waals surface area contributed by atoms with Crippen LogP contribution in [0.15, 0.2) is 36.0 Å². The number of hydrogen-bond donors (Lipinski definition) is 1. The monoisotopic (exact) mass is 556 g/mol. The van der Waals surface area contributed by atoms with Crippen molar-refractivity contribution >= 4 is 17.6 Å². The lowest BCUT2D eigenvalue weighted by Crippen LogP contribution is -2.34. The number of benzene rings is 2. The van der Waals surface area contributed by atoms with Crippen LogP contribution in [0, 0.1) is 37.2 Å². The van der Waals surface area contributed by atoms with E-state index in [4.69, 9.17) is 4.74 Å². The van der Waals surface area contributed by atoms with Crippen LogP contribution >= 0.6 is 0 Å². The zero-order valence-electron chi connectivity index (χ0n) is 22.2. The van der Waals surface area contributed by atoms with Crippen molar-refractivity contribution in [3.05, 3.63) is 70.7 Å². The Labute approximate surface area is 223 Å². The van der Waals surface area contributed by atoms with Crippen LogP contribution in [0.1, 0.15) is 55.9 Å². The van der Waals surface area contributed by atoms with E-state index in [0.717, 1.165) is 6.07 Å². The molecule has 39 heavy (non-hydrogen) atoms. The average Bonchev–Trinajstić information content (AvgIpc) is 2.78. The van der Waals surface area contributed by atoms with Gasteiger partial charge in [-0.3, -0.25) is 9.59 Å². The number of carbonyl (C=O) groups excluding carboxylic acids is 2. The number of aliphatic imine (C=N–C) groups is 1. The molecule has 0 saturated heterocycles. The number of nitrogens with one attached hydrogen (secondary N) is 1. The maximum absolute atomic E-state index is 16.0. The number of amides is 1. The largest absolute Gasteiger partial charge is 0.466 e. The van der Waals surface area contributed by atoms with Gasteiger partial charge in [-0.1, -0.05) is 26.5 Å². The van der Waals surface area contributed by atoms with Gasteiger partial charge in [0, 0.05) is 11.1 Å². The number of alkyl halides is 3. The van der Waals surface area contributed by atoms with Gasteiger partial charge in [0.25, 0.3) is 5.91 Å². The second-order valence-corrected chi connectivity index (χ2v) is 9.34. The van der Waals surface area contributed by atoms with Crippen molar-refractivity contribution in [3.63, 3.8) is 0 Å². The fraction of sp³-hybridized carbons (Fsp3) is 0.393. The molecule has 1 unspecified atom stereocenters. The van der Waals surface area contributed by atoms with Gasteiger partial charge in [-0.2, -0.15) is 13.2 Å². The third-order valence-electron chi connectivity index (χ3n) is 5.68. The van der Waals surface area contributed by atoms with Crippen molar-refractivity contribution in [1.82, 2.24) is 5.32 Å². The molecule has 0 saturated carbocycles. The smallest absolute Gasteiger partial charge is 0.419 e. The molecule has 0 radical (unpaired) electrons. The molecule has 0 bridgehead atoms. The highest BCUT2D eigenvalue weighted by Crippen LogP contribution is 2.40. The summed E-state index contributed by atoms with van der Waals surface area (Å²) < 4.78 is 93.0. The summed E-state index contributed by atoms with van der Waals surface area (Å²) in [5.41, 5.74) is -5.13. The van der Waals surface area contributed by atoms with E-state index in [9.17, 15) is 27.2 Å². The number of nitrogens with zero attached hydrogens (tertiary/aromatic N) is 1. The van der Waals surface area contributed by atoms with Crippen LogP contribution in [0.2, 0.25) is 0 Å². The lowest BCUT2D eigenvalue weighted by Gasteiger charge is -2.20. The van der Waals surface area contributed by atoms with Crippen LogP contribution in [0.3, 0.4) is 0 Å². The van der Waals surface area contributed by atoms with Crippen molar-refractivity contribution in [1.29, 1.82) is 0 Å². The lowest BCUT2D eigenvalue weighted by molar-refractivity contribution is -0.141. The Hall–Kier alpha value is -3.63. The molecule has 0 spiro atoms. The highest BCUT2D eigenvalue weighted by Gasteiger charge is 2.39. The number of ether oxygens (including phenoxy) is 1. The van der Waals surface area contributed by atoms with Gasteiger partial charge < -0.3 is 10.1 Å². The average molecular weight is 557 g/mol. The Morgan fingerprint density at radius 1 is 1.10 bits per heavy atom. The molecule has 1 amide bonds. The number of rotatable bonds is 10. The molecule has 0 aliphatic carbocycles. The Morgan fingerprint density at radius 3 is 2.26 bits per heavy atom. The number of halogens is 6. The molecular weight excluding hydrogens is 526 g/mol. The summed E-state index contributed by atoms with van der Waals surface area (Å²) >= 11 is 0. The Bertz CT molecular complexity index is 1260.